The Morgan fingerprint density at radius 3 is 2.22 bits per heavy atom. The molecule has 0 radical (unpaired) electrons. The van der Waals surface area contributed by atoms with Crippen LogP contribution >= 0.6 is 0 Å². The van der Waals surface area contributed by atoms with E-state index in [9.17, 15) is 9.59 Å². The number of hydrogen-bond acceptors (Lipinski definition) is 6. The molecule has 1 saturated heterocycles. The first-order valence-electron chi connectivity index (χ1n) is 15.4. The predicted molar refractivity (Wildman–Crippen MR) is 176 cm³/mol. The standard InChI is InChI=1S/C36H38N6O3/c1-26(2)28-12-14-29(15-13-28)35(36(44)37-30-16-18-31(19-17-30)40-20-22-45-23-21-40)41(24-27-8-4-3-5-9-27)34(43)25-42-33-11-7-6-10-32(33)38-39-42/h3-19,26,35H,20-25H2,1-2H3,(H,37,44). The first kappa shape index (κ1) is 30.0. The zero-order valence-electron chi connectivity index (χ0n) is 25.7. The highest BCUT2D eigenvalue weighted by atomic mass is 16.5. The Morgan fingerprint density at radius 1 is 0.844 bits per heavy atom. The van der Waals surface area contributed by atoms with Crippen LogP contribution in [0.15, 0.2) is 103 Å². The molecule has 1 unspecified atom stereocenters. The van der Waals surface area contributed by atoms with E-state index in [2.05, 4.69) is 34.4 Å². The third-order valence-electron chi connectivity index (χ3n) is 8.21. The van der Waals surface area contributed by atoms with Crippen LogP contribution in [-0.4, -0.2) is 58.0 Å². The number of nitrogens with one attached hydrogen (secondary N) is 1. The maximum absolute atomic E-state index is 14.3. The number of para-hydroxylation sites is 1. The topological polar surface area (TPSA) is 92.6 Å². The molecule has 0 spiro atoms. The molecule has 1 atom stereocenters. The lowest BCUT2D eigenvalue weighted by Gasteiger charge is -2.32. The molecule has 45 heavy (non-hydrogen) atoms. The van der Waals surface area contributed by atoms with Crippen LogP contribution in [-0.2, 0) is 27.4 Å². The Labute approximate surface area is 263 Å². The van der Waals surface area contributed by atoms with Gasteiger partial charge in [0.25, 0.3) is 5.91 Å². The molecule has 1 aliphatic heterocycles. The molecule has 230 valence electrons. The molecular weight excluding hydrogens is 564 g/mol. The molecule has 0 saturated carbocycles. The minimum absolute atomic E-state index is 0.0601. The maximum atomic E-state index is 14.3. The average Bonchev–Trinajstić information content (AvgIpc) is 3.48. The third kappa shape index (κ3) is 7.05. The van der Waals surface area contributed by atoms with Crippen molar-refractivity contribution in [3.63, 3.8) is 0 Å². The number of nitrogens with zero attached hydrogens (tertiary/aromatic N) is 5. The van der Waals surface area contributed by atoms with E-state index < -0.39 is 6.04 Å². The van der Waals surface area contributed by atoms with E-state index in [0.29, 0.717) is 30.3 Å². The molecule has 1 aromatic heterocycles. The molecule has 0 bridgehead atoms. The molecule has 6 rings (SSSR count). The Kier molecular flexibility index (Phi) is 9.17. The number of anilines is 2. The van der Waals surface area contributed by atoms with Crippen molar-refractivity contribution >= 4 is 34.2 Å². The minimum atomic E-state index is -0.896. The second-order valence-electron chi connectivity index (χ2n) is 11.6. The van der Waals surface area contributed by atoms with Crippen molar-refractivity contribution < 1.29 is 14.3 Å². The van der Waals surface area contributed by atoms with Gasteiger partial charge in [-0.2, -0.15) is 0 Å². The molecule has 1 aliphatic rings. The van der Waals surface area contributed by atoms with Crippen LogP contribution in [0.25, 0.3) is 11.0 Å². The number of morpholine rings is 1. The summed E-state index contributed by atoms with van der Waals surface area (Å²) in [4.78, 5) is 32.5. The third-order valence-corrected chi connectivity index (χ3v) is 8.21. The maximum Gasteiger partial charge on any atom is 0.251 e. The van der Waals surface area contributed by atoms with E-state index in [4.69, 9.17) is 4.74 Å². The molecule has 1 fully saturated rings. The number of amides is 2. The predicted octanol–water partition coefficient (Wildman–Crippen LogP) is 5.80. The van der Waals surface area contributed by atoms with Gasteiger partial charge in [-0.3, -0.25) is 9.59 Å². The smallest absolute Gasteiger partial charge is 0.251 e. The van der Waals surface area contributed by atoms with Gasteiger partial charge in [0.05, 0.1) is 18.7 Å². The number of carbonyl (C=O) groups excluding carboxylic acids is 2. The highest BCUT2D eigenvalue weighted by molar-refractivity contribution is 5.98. The van der Waals surface area contributed by atoms with Gasteiger partial charge < -0.3 is 19.9 Å². The van der Waals surface area contributed by atoms with Crippen molar-refractivity contribution in [1.29, 1.82) is 0 Å². The van der Waals surface area contributed by atoms with E-state index in [-0.39, 0.29) is 24.9 Å². The molecule has 9 nitrogen and oxygen atoms in total. The van der Waals surface area contributed by atoms with E-state index in [1.54, 1.807) is 9.58 Å². The molecule has 5 aromatic rings. The zero-order valence-corrected chi connectivity index (χ0v) is 25.7. The summed E-state index contributed by atoms with van der Waals surface area (Å²) in [6.45, 7) is 7.51. The number of hydrogen-bond donors (Lipinski definition) is 1. The second kappa shape index (κ2) is 13.7. The molecule has 9 heteroatoms. The summed E-state index contributed by atoms with van der Waals surface area (Å²) >= 11 is 0. The van der Waals surface area contributed by atoms with Crippen molar-refractivity contribution in [3.05, 3.63) is 120 Å². The SMILES string of the molecule is CC(C)c1ccc(C(C(=O)Nc2ccc(N3CCOCC3)cc2)N(Cc2ccccc2)C(=O)Cn2nnc3ccccc32)cc1. The lowest BCUT2D eigenvalue weighted by molar-refractivity contribution is -0.140. The molecule has 0 aliphatic carbocycles. The monoisotopic (exact) mass is 602 g/mol. The number of rotatable bonds is 10. The summed E-state index contributed by atoms with van der Waals surface area (Å²) in [5, 5.41) is 11.6. The zero-order chi connectivity index (χ0) is 31.2. The molecular formula is C36H38N6O3. The first-order valence-corrected chi connectivity index (χ1v) is 15.4. The highest BCUT2D eigenvalue weighted by Gasteiger charge is 2.32. The van der Waals surface area contributed by atoms with Crippen molar-refractivity contribution in [3.8, 4) is 0 Å². The number of carbonyl (C=O) groups is 2. The Morgan fingerprint density at radius 2 is 1.51 bits per heavy atom. The fourth-order valence-corrected chi connectivity index (χ4v) is 5.68. The lowest BCUT2D eigenvalue weighted by atomic mass is 9.97. The Bertz CT molecular complexity index is 1730. The van der Waals surface area contributed by atoms with Crippen molar-refractivity contribution in [2.75, 3.05) is 36.5 Å². The number of aromatic nitrogens is 3. The normalized spacial score (nSPS) is 14.0. The van der Waals surface area contributed by atoms with Gasteiger partial charge in [-0.1, -0.05) is 85.8 Å². The lowest BCUT2D eigenvalue weighted by Crippen LogP contribution is -2.42. The fourth-order valence-electron chi connectivity index (χ4n) is 5.68. The van der Waals surface area contributed by atoms with Crippen LogP contribution in [0.2, 0.25) is 0 Å². The summed E-state index contributed by atoms with van der Waals surface area (Å²) in [7, 11) is 0. The quantitative estimate of drug-likeness (QED) is 0.217. The van der Waals surface area contributed by atoms with Crippen LogP contribution in [0.3, 0.4) is 0 Å². The summed E-state index contributed by atoms with van der Waals surface area (Å²) in [5.74, 6) is -0.205. The van der Waals surface area contributed by atoms with Crippen LogP contribution in [0, 0.1) is 0 Å². The summed E-state index contributed by atoms with van der Waals surface area (Å²) in [6.07, 6.45) is 0. The van der Waals surface area contributed by atoms with Crippen LogP contribution < -0.4 is 10.2 Å². The summed E-state index contributed by atoms with van der Waals surface area (Å²) in [5.41, 5.74) is 6.02. The van der Waals surface area contributed by atoms with Crippen LogP contribution in [0.5, 0.6) is 0 Å². The Balaban J connectivity index is 1.34. The van der Waals surface area contributed by atoms with E-state index in [1.807, 2.05) is 103 Å². The molecule has 1 N–H and O–H groups in total. The van der Waals surface area contributed by atoms with Gasteiger partial charge in [0, 0.05) is 31.0 Å². The average molecular weight is 603 g/mol. The van der Waals surface area contributed by atoms with Crippen molar-refractivity contribution in [2.45, 2.75) is 38.9 Å². The van der Waals surface area contributed by atoms with Gasteiger partial charge >= 0.3 is 0 Å². The van der Waals surface area contributed by atoms with E-state index >= 15 is 0 Å². The van der Waals surface area contributed by atoms with Gasteiger partial charge in [0.1, 0.15) is 18.1 Å². The number of benzene rings is 4. The Hall–Kier alpha value is -5.02. The van der Waals surface area contributed by atoms with E-state index in [0.717, 1.165) is 41.0 Å². The fraction of sp³-hybridized carbons (Fsp3) is 0.278. The first-order chi connectivity index (χ1) is 22.0. The van der Waals surface area contributed by atoms with Gasteiger partial charge in [0.2, 0.25) is 5.91 Å². The molecule has 2 heterocycles. The van der Waals surface area contributed by atoms with Gasteiger partial charge in [0.15, 0.2) is 0 Å². The second-order valence-corrected chi connectivity index (χ2v) is 11.6. The van der Waals surface area contributed by atoms with Crippen molar-refractivity contribution in [1.82, 2.24) is 19.9 Å². The summed E-state index contributed by atoms with van der Waals surface area (Å²) < 4.78 is 7.08. The molecule has 4 aromatic carbocycles. The number of fused-ring (bicyclic) bond motifs is 1. The number of ether oxygens (including phenoxy) is 1. The van der Waals surface area contributed by atoms with E-state index in [1.165, 1.54) is 0 Å². The largest absolute Gasteiger partial charge is 0.378 e. The van der Waals surface area contributed by atoms with Gasteiger partial charge in [-0.05, 0) is 59.0 Å². The van der Waals surface area contributed by atoms with Crippen LogP contribution in [0.1, 0.15) is 42.5 Å². The minimum Gasteiger partial charge on any atom is -0.378 e. The van der Waals surface area contributed by atoms with Crippen molar-refractivity contribution in [2.24, 2.45) is 0 Å². The highest BCUT2D eigenvalue weighted by Crippen LogP contribution is 2.29. The van der Waals surface area contributed by atoms with Gasteiger partial charge in [-0.25, -0.2) is 4.68 Å². The summed E-state index contributed by atoms with van der Waals surface area (Å²) in [6, 6.07) is 32.2. The van der Waals surface area contributed by atoms with Crippen LogP contribution in [0.4, 0.5) is 11.4 Å². The molecule has 2 amide bonds. The van der Waals surface area contributed by atoms with Gasteiger partial charge in [-0.15, -0.1) is 5.10 Å².